The van der Waals surface area contributed by atoms with Gasteiger partial charge in [-0.15, -0.1) is 11.3 Å². The number of hydrogen-bond acceptors (Lipinski definition) is 3. The van der Waals surface area contributed by atoms with Gasteiger partial charge in [0.2, 0.25) is 5.13 Å². The second kappa shape index (κ2) is 3.68. The summed E-state index contributed by atoms with van der Waals surface area (Å²) >= 11 is 5.11. The summed E-state index contributed by atoms with van der Waals surface area (Å²) < 4.78 is 2.92. The lowest BCUT2D eigenvalue weighted by atomic mass is 10.3. The number of aryl methyl sites for hydroxylation is 1. The molecule has 0 fully saturated rings. The topological polar surface area (TPSA) is 30.7 Å². The van der Waals surface area contributed by atoms with E-state index in [0.717, 1.165) is 20.5 Å². The van der Waals surface area contributed by atoms with Crippen molar-refractivity contribution in [3.63, 3.8) is 0 Å². The number of rotatable bonds is 1. The first-order valence-electron chi connectivity index (χ1n) is 4.80. The van der Waals surface area contributed by atoms with Crippen LogP contribution < -0.4 is 0 Å². The lowest BCUT2D eigenvalue weighted by Gasteiger charge is -1.98. The lowest BCUT2D eigenvalue weighted by Crippen LogP contribution is -1.94. The molecule has 3 aromatic rings. The Morgan fingerprint density at radius 1 is 1.31 bits per heavy atom. The smallest absolute Gasteiger partial charge is 0.211 e. The molecule has 0 bridgehead atoms. The summed E-state index contributed by atoms with van der Waals surface area (Å²) in [7, 11) is 0. The fraction of sp³-hybridized carbons (Fsp3) is 0.0909. The van der Waals surface area contributed by atoms with Gasteiger partial charge in [0.15, 0.2) is 0 Å². The minimum Gasteiger partial charge on any atom is -0.227 e. The van der Waals surface area contributed by atoms with Crippen molar-refractivity contribution in [2.45, 2.75) is 6.92 Å². The van der Waals surface area contributed by atoms with Crippen LogP contribution in [0.2, 0.25) is 0 Å². The molecule has 0 aliphatic heterocycles. The van der Waals surface area contributed by atoms with Crippen molar-refractivity contribution < 1.29 is 0 Å². The number of hydrogen-bond donors (Lipinski definition) is 0. The molecule has 0 spiro atoms. The van der Waals surface area contributed by atoms with E-state index in [-0.39, 0.29) is 0 Å². The van der Waals surface area contributed by atoms with Gasteiger partial charge in [0.05, 0.1) is 11.7 Å². The first-order chi connectivity index (χ1) is 7.74. The number of benzene rings is 1. The van der Waals surface area contributed by atoms with Crippen molar-refractivity contribution in [1.29, 1.82) is 0 Å². The van der Waals surface area contributed by atoms with Gasteiger partial charge in [0.25, 0.3) is 0 Å². The SMILES string of the molecule is Cc1cnc(-n2ncc3ccc(Br)cc32)s1. The zero-order valence-electron chi connectivity index (χ0n) is 8.51. The molecule has 5 heteroatoms. The summed E-state index contributed by atoms with van der Waals surface area (Å²) in [6, 6.07) is 6.11. The maximum atomic E-state index is 4.36. The van der Waals surface area contributed by atoms with Gasteiger partial charge in [-0.3, -0.25) is 0 Å². The quantitative estimate of drug-likeness (QED) is 0.687. The maximum Gasteiger partial charge on any atom is 0.211 e. The van der Waals surface area contributed by atoms with Crippen LogP contribution in [0, 0.1) is 6.92 Å². The number of thiazole rings is 1. The average molecular weight is 294 g/mol. The molecule has 0 aliphatic rings. The molecule has 3 nitrogen and oxygen atoms in total. The Morgan fingerprint density at radius 3 is 2.94 bits per heavy atom. The number of fused-ring (bicyclic) bond motifs is 1. The molecule has 16 heavy (non-hydrogen) atoms. The fourth-order valence-corrected chi connectivity index (χ4v) is 2.66. The van der Waals surface area contributed by atoms with E-state index in [9.17, 15) is 0 Å². The van der Waals surface area contributed by atoms with Crippen molar-refractivity contribution in [3.8, 4) is 5.13 Å². The van der Waals surface area contributed by atoms with Gasteiger partial charge in [-0.1, -0.05) is 22.0 Å². The van der Waals surface area contributed by atoms with E-state index >= 15 is 0 Å². The molecule has 3 rings (SSSR count). The van der Waals surface area contributed by atoms with Gasteiger partial charge in [-0.2, -0.15) is 5.10 Å². The average Bonchev–Trinajstić information content (AvgIpc) is 2.83. The Morgan fingerprint density at radius 2 is 2.19 bits per heavy atom. The monoisotopic (exact) mass is 293 g/mol. The van der Waals surface area contributed by atoms with Crippen molar-refractivity contribution in [2.75, 3.05) is 0 Å². The Balaban J connectivity index is 2.27. The van der Waals surface area contributed by atoms with Crippen molar-refractivity contribution in [2.24, 2.45) is 0 Å². The van der Waals surface area contributed by atoms with Crippen molar-refractivity contribution >= 4 is 38.2 Å². The van der Waals surface area contributed by atoms with Crippen LogP contribution in [0.4, 0.5) is 0 Å². The summed E-state index contributed by atoms with van der Waals surface area (Å²) in [6.45, 7) is 2.04. The molecule has 0 atom stereocenters. The van der Waals surface area contributed by atoms with Gasteiger partial charge in [-0.05, 0) is 19.1 Å². The molecule has 80 valence electrons. The molecule has 0 N–H and O–H groups in total. The van der Waals surface area contributed by atoms with E-state index in [2.05, 4.69) is 32.1 Å². The predicted molar refractivity (Wildman–Crippen MR) is 69.2 cm³/mol. The number of nitrogens with zero attached hydrogens (tertiary/aromatic N) is 3. The highest BCUT2D eigenvalue weighted by Gasteiger charge is 2.07. The van der Waals surface area contributed by atoms with Gasteiger partial charge in [-0.25, -0.2) is 9.67 Å². The largest absolute Gasteiger partial charge is 0.227 e. The van der Waals surface area contributed by atoms with Crippen LogP contribution >= 0.6 is 27.3 Å². The molecule has 2 heterocycles. The Labute approximate surface area is 105 Å². The van der Waals surface area contributed by atoms with Gasteiger partial charge in [0.1, 0.15) is 0 Å². The summed E-state index contributed by atoms with van der Waals surface area (Å²) in [6.07, 6.45) is 3.73. The van der Waals surface area contributed by atoms with E-state index < -0.39 is 0 Å². The Hall–Kier alpha value is -1.20. The highest BCUT2D eigenvalue weighted by atomic mass is 79.9. The van der Waals surface area contributed by atoms with Crippen molar-refractivity contribution in [1.82, 2.24) is 14.8 Å². The third kappa shape index (κ3) is 1.56. The second-order valence-electron chi connectivity index (χ2n) is 3.51. The van der Waals surface area contributed by atoms with Crippen LogP contribution in [0.1, 0.15) is 4.88 Å². The van der Waals surface area contributed by atoms with Crippen LogP contribution in [0.25, 0.3) is 16.0 Å². The third-order valence-electron chi connectivity index (χ3n) is 2.32. The summed E-state index contributed by atoms with van der Waals surface area (Å²) in [5.74, 6) is 0. The molecular formula is C11H8BrN3S. The molecular weight excluding hydrogens is 286 g/mol. The van der Waals surface area contributed by atoms with E-state index in [1.165, 1.54) is 4.88 Å². The van der Waals surface area contributed by atoms with Crippen LogP contribution in [0.3, 0.4) is 0 Å². The first kappa shape index (κ1) is 9.99. The van der Waals surface area contributed by atoms with E-state index in [1.54, 1.807) is 11.3 Å². The Bertz CT molecular complexity index is 656. The van der Waals surface area contributed by atoms with Crippen LogP contribution in [-0.2, 0) is 0 Å². The third-order valence-corrected chi connectivity index (χ3v) is 3.70. The minimum absolute atomic E-state index is 0.908. The number of aromatic nitrogens is 3. The summed E-state index contributed by atoms with van der Waals surface area (Å²) in [4.78, 5) is 5.53. The highest BCUT2D eigenvalue weighted by molar-refractivity contribution is 9.10. The second-order valence-corrected chi connectivity index (χ2v) is 5.64. The van der Waals surface area contributed by atoms with E-state index in [4.69, 9.17) is 0 Å². The number of halogens is 1. The highest BCUT2D eigenvalue weighted by Crippen LogP contribution is 2.24. The molecule has 0 saturated carbocycles. The van der Waals surface area contributed by atoms with Crippen LogP contribution in [-0.4, -0.2) is 14.8 Å². The summed E-state index contributed by atoms with van der Waals surface area (Å²) in [5, 5.41) is 6.39. The molecule has 0 unspecified atom stereocenters. The first-order valence-corrected chi connectivity index (χ1v) is 6.41. The molecule has 0 aliphatic carbocycles. The van der Waals surface area contributed by atoms with Gasteiger partial charge >= 0.3 is 0 Å². The standard InChI is InChI=1S/C11H8BrN3S/c1-7-5-13-11(16-7)15-10-4-9(12)3-2-8(10)6-14-15/h2-6H,1H3. The molecule has 0 saturated heterocycles. The lowest BCUT2D eigenvalue weighted by molar-refractivity contribution is 0.898. The van der Waals surface area contributed by atoms with E-state index in [0.29, 0.717) is 0 Å². The van der Waals surface area contributed by atoms with Crippen LogP contribution in [0.5, 0.6) is 0 Å². The predicted octanol–water partition coefficient (Wildman–Crippen LogP) is 3.55. The normalized spacial score (nSPS) is 11.1. The van der Waals surface area contributed by atoms with Crippen LogP contribution in [0.15, 0.2) is 35.1 Å². The van der Waals surface area contributed by atoms with E-state index in [1.807, 2.05) is 36.1 Å². The van der Waals surface area contributed by atoms with Gasteiger partial charge in [0, 0.05) is 20.9 Å². The molecule has 2 aromatic heterocycles. The zero-order chi connectivity index (χ0) is 11.1. The molecule has 1 aromatic carbocycles. The Kier molecular flexibility index (Phi) is 2.29. The summed E-state index contributed by atoms with van der Waals surface area (Å²) in [5.41, 5.74) is 1.07. The molecule has 0 amide bonds. The maximum absolute atomic E-state index is 4.36. The minimum atomic E-state index is 0.908. The van der Waals surface area contributed by atoms with Crippen molar-refractivity contribution in [3.05, 3.63) is 39.9 Å². The molecule has 0 radical (unpaired) electrons. The zero-order valence-corrected chi connectivity index (χ0v) is 10.9. The van der Waals surface area contributed by atoms with Gasteiger partial charge < -0.3 is 0 Å². The fourth-order valence-electron chi connectivity index (χ4n) is 1.58.